The molecular weight excluding hydrogens is 295 g/mol. The summed E-state index contributed by atoms with van der Waals surface area (Å²) in [5.74, 6) is 1.12. The van der Waals surface area contributed by atoms with Crippen molar-refractivity contribution in [2.75, 3.05) is 5.73 Å². The van der Waals surface area contributed by atoms with Crippen LogP contribution in [0.1, 0.15) is 0 Å². The van der Waals surface area contributed by atoms with Gasteiger partial charge in [0.2, 0.25) is 0 Å². The molecule has 0 fully saturated rings. The number of imidazole rings is 1. The van der Waals surface area contributed by atoms with Gasteiger partial charge in [0.1, 0.15) is 11.6 Å². The first kappa shape index (κ1) is 13.0. The SMILES string of the molecule is Nc1ccc(-c2ncc[nH]2)c(-c2ccc(Cl)cc2Cl)n1. The zero-order valence-corrected chi connectivity index (χ0v) is 11.8. The van der Waals surface area contributed by atoms with Gasteiger partial charge in [-0.1, -0.05) is 23.2 Å². The molecule has 0 radical (unpaired) electrons. The number of hydrogen-bond donors (Lipinski definition) is 2. The van der Waals surface area contributed by atoms with Gasteiger partial charge in [-0.15, -0.1) is 0 Å². The second-order valence-corrected chi connectivity index (χ2v) is 5.04. The van der Waals surface area contributed by atoms with Crippen LogP contribution in [-0.4, -0.2) is 15.0 Å². The molecule has 4 nitrogen and oxygen atoms in total. The maximum absolute atomic E-state index is 6.25. The molecule has 3 N–H and O–H groups in total. The molecule has 6 heteroatoms. The number of aromatic amines is 1. The molecule has 0 saturated heterocycles. The summed E-state index contributed by atoms with van der Waals surface area (Å²) >= 11 is 12.2. The summed E-state index contributed by atoms with van der Waals surface area (Å²) in [4.78, 5) is 11.7. The number of nitrogens with one attached hydrogen (secondary N) is 1. The summed E-state index contributed by atoms with van der Waals surface area (Å²) in [5, 5.41) is 1.09. The average Bonchev–Trinajstić information content (AvgIpc) is 2.92. The van der Waals surface area contributed by atoms with Gasteiger partial charge in [0.05, 0.1) is 10.7 Å². The standard InChI is InChI=1S/C14H10Cl2N4/c15-8-1-2-9(11(16)7-8)13-10(3-4-12(17)20-13)14-18-5-6-19-14/h1-7H,(H2,17,20)(H,18,19). The van der Waals surface area contributed by atoms with E-state index in [1.54, 1.807) is 30.6 Å². The molecule has 0 bridgehead atoms. The molecule has 0 amide bonds. The highest BCUT2D eigenvalue weighted by atomic mass is 35.5. The van der Waals surface area contributed by atoms with Crippen LogP contribution in [0.3, 0.4) is 0 Å². The maximum atomic E-state index is 6.25. The van der Waals surface area contributed by atoms with Gasteiger partial charge in [-0.2, -0.15) is 0 Å². The van der Waals surface area contributed by atoms with Crippen molar-refractivity contribution in [2.45, 2.75) is 0 Å². The quantitative estimate of drug-likeness (QED) is 0.751. The van der Waals surface area contributed by atoms with Crippen LogP contribution in [0.4, 0.5) is 5.82 Å². The number of anilines is 1. The monoisotopic (exact) mass is 304 g/mol. The lowest BCUT2D eigenvalue weighted by atomic mass is 10.1. The molecule has 0 spiro atoms. The molecule has 0 saturated carbocycles. The number of hydrogen-bond acceptors (Lipinski definition) is 3. The van der Waals surface area contributed by atoms with E-state index in [0.29, 0.717) is 27.4 Å². The van der Waals surface area contributed by atoms with Crippen LogP contribution < -0.4 is 5.73 Å². The Kier molecular flexibility index (Phi) is 3.34. The third kappa shape index (κ3) is 2.35. The Bertz CT molecular complexity index is 754. The average molecular weight is 305 g/mol. The van der Waals surface area contributed by atoms with Gasteiger partial charge in [-0.3, -0.25) is 0 Å². The van der Waals surface area contributed by atoms with Gasteiger partial charge >= 0.3 is 0 Å². The summed E-state index contributed by atoms with van der Waals surface area (Å²) in [5.41, 5.74) is 8.04. The Morgan fingerprint density at radius 3 is 2.55 bits per heavy atom. The fourth-order valence-corrected chi connectivity index (χ4v) is 2.46. The minimum atomic E-state index is 0.418. The Hall–Kier alpha value is -2.04. The third-order valence-corrected chi connectivity index (χ3v) is 3.40. The number of nitrogens with two attached hydrogens (primary N) is 1. The van der Waals surface area contributed by atoms with E-state index in [0.717, 1.165) is 11.1 Å². The van der Waals surface area contributed by atoms with Crippen LogP contribution in [0, 0.1) is 0 Å². The number of nitrogens with zero attached hydrogens (tertiary/aromatic N) is 2. The molecule has 2 heterocycles. The number of halogens is 2. The molecule has 0 unspecified atom stereocenters. The summed E-state index contributed by atoms with van der Waals surface area (Å²) in [6.07, 6.45) is 3.43. The van der Waals surface area contributed by atoms with Crippen LogP contribution in [0.5, 0.6) is 0 Å². The van der Waals surface area contributed by atoms with Crippen LogP contribution in [0.2, 0.25) is 10.0 Å². The molecule has 100 valence electrons. The summed E-state index contributed by atoms with van der Waals surface area (Å²) < 4.78 is 0. The molecule has 3 aromatic rings. The van der Waals surface area contributed by atoms with Crippen LogP contribution in [0.15, 0.2) is 42.7 Å². The third-order valence-electron chi connectivity index (χ3n) is 2.86. The number of benzene rings is 1. The largest absolute Gasteiger partial charge is 0.384 e. The molecule has 20 heavy (non-hydrogen) atoms. The first-order valence-corrected chi connectivity index (χ1v) is 6.62. The molecule has 0 aliphatic rings. The summed E-state index contributed by atoms with van der Waals surface area (Å²) in [6.45, 7) is 0. The van der Waals surface area contributed by atoms with Gasteiger partial charge in [0.15, 0.2) is 0 Å². The predicted molar refractivity (Wildman–Crippen MR) is 81.7 cm³/mol. The number of H-pyrrole nitrogens is 1. The van der Waals surface area contributed by atoms with E-state index in [1.165, 1.54) is 0 Å². The molecule has 0 aliphatic heterocycles. The van der Waals surface area contributed by atoms with Crippen molar-refractivity contribution >= 4 is 29.0 Å². The van der Waals surface area contributed by atoms with Crippen molar-refractivity contribution in [3.8, 4) is 22.6 Å². The Balaban J connectivity index is 2.24. The maximum Gasteiger partial charge on any atom is 0.139 e. The molecule has 3 rings (SSSR count). The zero-order valence-electron chi connectivity index (χ0n) is 10.3. The van der Waals surface area contributed by atoms with Crippen molar-refractivity contribution in [1.29, 1.82) is 0 Å². The lowest BCUT2D eigenvalue weighted by Crippen LogP contribution is -1.96. The smallest absolute Gasteiger partial charge is 0.139 e. The minimum absolute atomic E-state index is 0.418. The van der Waals surface area contributed by atoms with Crippen molar-refractivity contribution in [3.63, 3.8) is 0 Å². The van der Waals surface area contributed by atoms with Crippen molar-refractivity contribution in [3.05, 3.63) is 52.8 Å². The first-order valence-electron chi connectivity index (χ1n) is 5.87. The van der Waals surface area contributed by atoms with E-state index in [1.807, 2.05) is 12.1 Å². The van der Waals surface area contributed by atoms with Crippen LogP contribution in [0.25, 0.3) is 22.6 Å². The van der Waals surface area contributed by atoms with Crippen LogP contribution >= 0.6 is 23.2 Å². The summed E-state index contributed by atoms with van der Waals surface area (Å²) in [7, 11) is 0. The Morgan fingerprint density at radius 2 is 1.85 bits per heavy atom. The molecule has 2 aromatic heterocycles. The Labute approximate surface area is 125 Å². The van der Waals surface area contributed by atoms with Gasteiger partial charge in [0.25, 0.3) is 0 Å². The summed E-state index contributed by atoms with van der Waals surface area (Å²) in [6, 6.07) is 8.85. The second-order valence-electron chi connectivity index (χ2n) is 4.19. The van der Waals surface area contributed by atoms with Crippen molar-refractivity contribution < 1.29 is 0 Å². The van der Waals surface area contributed by atoms with Gasteiger partial charge in [-0.25, -0.2) is 9.97 Å². The highest BCUT2D eigenvalue weighted by Crippen LogP contribution is 2.35. The van der Waals surface area contributed by atoms with E-state index in [4.69, 9.17) is 28.9 Å². The fourth-order valence-electron chi connectivity index (χ4n) is 1.96. The van der Waals surface area contributed by atoms with E-state index >= 15 is 0 Å². The lowest BCUT2D eigenvalue weighted by molar-refractivity contribution is 1.27. The minimum Gasteiger partial charge on any atom is -0.384 e. The van der Waals surface area contributed by atoms with Gasteiger partial charge in [0, 0.05) is 28.5 Å². The second kappa shape index (κ2) is 5.15. The van der Waals surface area contributed by atoms with E-state index in [2.05, 4.69) is 15.0 Å². The molecular formula is C14H10Cl2N4. The molecule has 0 aliphatic carbocycles. The topological polar surface area (TPSA) is 67.6 Å². The fraction of sp³-hybridized carbons (Fsp3) is 0. The highest BCUT2D eigenvalue weighted by Gasteiger charge is 2.14. The number of rotatable bonds is 2. The van der Waals surface area contributed by atoms with E-state index < -0.39 is 0 Å². The van der Waals surface area contributed by atoms with Crippen LogP contribution in [-0.2, 0) is 0 Å². The van der Waals surface area contributed by atoms with Crippen molar-refractivity contribution in [2.24, 2.45) is 0 Å². The van der Waals surface area contributed by atoms with Gasteiger partial charge in [-0.05, 0) is 30.3 Å². The van der Waals surface area contributed by atoms with Gasteiger partial charge < -0.3 is 10.7 Å². The zero-order chi connectivity index (χ0) is 14.1. The molecule has 0 atom stereocenters. The first-order chi connectivity index (χ1) is 9.65. The number of aromatic nitrogens is 3. The number of nitrogen functional groups attached to an aromatic ring is 1. The van der Waals surface area contributed by atoms with Crippen molar-refractivity contribution in [1.82, 2.24) is 15.0 Å². The Morgan fingerprint density at radius 1 is 1.05 bits per heavy atom. The predicted octanol–water partition coefficient (Wildman–Crippen LogP) is 4.03. The number of pyridine rings is 1. The van der Waals surface area contributed by atoms with E-state index in [9.17, 15) is 0 Å². The van der Waals surface area contributed by atoms with E-state index in [-0.39, 0.29) is 0 Å². The normalized spacial score (nSPS) is 10.7. The highest BCUT2D eigenvalue weighted by molar-refractivity contribution is 6.36. The lowest BCUT2D eigenvalue weighted by Gasteiger charge is -2.10. The molecule has 1 aromatic carbocycles.